The van der Waals surface area contributed by atoms with Crippen LogP contribution in [0.1, 0.15) is 21.7 Å². The summed E-state index contributed by atoms with van der Waals surface area (Å²) in [7, 11) is 0. The summed E-state index contributed by atoms with van der Waals surface area (Å²) in [6.07, 6.45) is 2.40. The number of aldehydes is 1. The van der Waals surface area contributed by atoms with Crippen molar-refractivity contribution in [2.24, 2.45) is 0 Å². The molecule has 20 heavy (non-hydrogen) atoms. The van der Waals surface area contributed by atoms with Gasteiger partial charge in [0.15, 0.2) is 6.29 Å². The van der Waals surface area contributed by atoms with Crippen LogP contribution < -0.4 is 0 Å². The van der Waals surface area contributed by atoms with E-state index in [0.29, 0.717) is 34.0 Å². The maximum Gasteiger partial charge on any atom is 0.169 e. The quantitative estimate of drug-likeness (QED) is 0.665. The lowest BCUT2D eigenvalue weighted by molar-refractivity contribution is 0.111. The molecule has 3 aromatic rings. The summed E-state index contributed by atoms with van der Waals surface area (Å²) in [5, 5.41) is 9.08. The second-order valence-corrected chi connectivity index (χ2v) is 4.32. The molecule has 0 saturated carbocycles. The molecule has 0 atom stereocenters. The first-order chi connectivity index (χ1) is 9.76. The number of aryl methyl sites for hydroxylation is 1. The van der Waals surface area contributed by atoms with Crippen LogP contribution in [-0.2, 0) is 0 Å². The van der Waals surface area contributed by atoms with Gasteiger partial charge in [0.1, 0.15) is 23.1 Å². The molecule has 0 N–H and O–H groups in total. The van der Waals surface area contributed by atoms with E-state index in [9.17, 15) is 4.79 Å². The molecule has 0 unspecified atom stereocenters. The van der Waals surface area contributed by atoms with E-state index >= 15 is 0 Å². The number of carbonyl (C=O) groups excluding carboxylic acids is 1. The standard InChI is InChI=1S/C15H10N4O/c1-10-11(8-16)5-6-14-18-15(13(9-20)19(10)14)12-4-2-3-7-17-12/h2-7,9H,1H3. The molecule has 3 heterocycles. The van der Waals surface area contributed by atoms with Gasteiger partial charge in [-0.15, -0.1) is 0 Å². The number of hydrogen-bond donors (Lipinski definition) is 0. The summed E-state index contributed by atoms with van der Waals surface area (Å²) in [6.45, 7) is 1.79. The van der Waals surface area contributed by atoms with Crippen molar-refractivity contribution in [1.29, 1.82) is 5.26 Å². The van der Waals surface area contributed by atoms with Gasteiger partial charge in [-0.2, -0.15) is 5.26 Å². The van der Waals surface area contributed by atoms with Crippen molar-refractivity contribution >= 4 is 11.9 Å². The maximum absolute atomic E-state index is 11.5. The highest BCUT2D eigenvalue weighted by Crippen LogP contribution is 2.23. The minimum absolute atomic E-state index is 0.410. The van der Waals surface area contributed by atoms with Crippen LogP contribution >= 0.6 is 0 Å². The third-order valence-corrected chi connectivity index (χ3v) is 3.20. The predicted molar refractivity (Wildman–Crippen MR) is 73.3 cm³/mol. The number of nitrogens with zero attached hydrogens (tertiary/aromatic N) is 4. The van der Waals surface area contributed by atoms with Crippen molar-refractivity contribution in [3.8, 4) is 17.5 Å². The van der Waals surface area contributed by atoms with E-state index in [1.54, 1.807) is 41.8 Å². The molecule has 0 radical (unpaired) electrons. The van der Waals surface area contributed by atoms with Gasteiger partial charge in [-0.25, -0.2) is 4.98 Å². The molecule has 0 aliphatic rings. The number of imidazole rings is 1. The maximum atomic E-state index is 11.5. The van der Waals surface area contributed by atoms with Gasteiger partial charge in [0.25, 0.3) is 0 Å². The smallest absolute Gasteiger partial charge is 0.169 e. The van der Waals surface area contributed by atoms with Gasteiger partial charge in [-0.05, 0) is 31.2 Å². The topological polar surface area (TPSA) is 71.0 Å². The summed E-state index contributed by atoms with van der Waals surface area (Å²) >= 11 is 0. The molecule has 0 saturated heterocycles. The van der Waals surface area contributed by atoms with Crippen molar-refractivity contribution in [1.82, 2.24) is 14.4 Å². The van der Waals surface area contributed by atoms with Crippen LogP contribution in [0.15, 0.2) is 36.5 Å². The average molecular weight is 262 g/mol. The number of hydrogen-bond acceptors (Lipinski definition) is 4. The highest BCUT2D eigenvalue weighted by molar-refractivity contribution is 5.85. The Morgan fingerprint density at radius 1 is 1.30 bits per heavy atom. The lowest BCUT2D eigenvalue weighted by Crippen LogP contribution is -1.99. The Labute approximate surface area is 115 Å². The highest BCUT2D eigenvalue weighted by Gasteiger charge is 2.16. The van der Waals surface area contributed by atoms with Gasteiger partial charge in [-0.1, -0.05) is 6.07 Å². The molecule has 0 aromatic carbocycles. The minimum Gasteiger partial charge on any atom is -0.296 e. The van der Waals surface area contributed by atoms with Gasteiger partial charge in [0, 0.05) is 11.9 Å². The first-order valence-electron chi connectivity index (χ1n) is 6.05. The van der Waals surface area contributed by atoms with Crippen LogP contribution in [0, 0.1) is 18.3 Å². The molecule has 3 rings (SSSR count). The summed E-state index contributed by atoms with van der Waals surface area (Å²) in [5.41, 5.74) is 3.42. The van der Waals surface area contributed by atoms with Crippen molar-refractivity contribution in [3.63, 3.8) is 0 Å². The molecule has 5 heteroatoms. The molecule has 96 valence electrons. The number of fused-ring (bicyclic) bond motifs is 1. The molecular formula is C15H10N4O. The number of carbonyl (C=O) groups is 1. The van der Waals surface area contributed by atoms with Crippen molar-refractivity contribution in [2.75, 3.05) is 0 Å². The summed E-state index contributed by atoms with van der Waals surface area (Å²) < 4.78 is 1.69. The Bertz CT molecular complexity index is 844. The fraction of sp³-hybridized carbons (Fsp3) is 0.0667. The summed E-state index contributed by atoms with van der Waals surface area (Å²) in [5.74, 6) is 0. The van der Waals surface area contributed by atoms with E-state index < -0.39 is 0 Å². The molecule has 3 aromatic heterocycles. The van der Waals surface area contributed by atoms with Crippen LogP contribution in [0.5, 0.6) is 0 Å². The molecule has 0 amide bonds. The normalized spacial score (nSPS) is 10.4. The number of rotatable bonds is 2. The fourth-order valence-electron chi connectivity index (χ4n) is 2.23. The van der Waals surface area contributed by atoms with Crippen LogP contribution in [-0.4, -0.2) is 20.7 Å². The average Bonchev–Trinajstić information content (AvgIpc) is 2.88. The van der Waals surface area contributed by atoms with E-state index in [1.165, 1.54) is 0 Å². The monoisotopic (exact) mass is 262 g/mol. The second kappa shape index (κ2) is 4.59. The van der Waals surface area contributed by atoms with Crippen molar-refractivity contribution in [2.45, 2.75) is 6.92 Å². The second-order valence-electron chi connectivity index (χ2n) is 4.32. The third kappa shape index (κ3) is 1.67. The lowest BCUT2D eigenvalue weighted by Gasteiger charge is -2.03. The molecule has 0 spiro atoms. The fourth-order valence-corrected chi connectivity index (χ4v) is 2.23. The number of pyridine rings is 2. The summed E-state index contributed by atoms with van der Waals surface area (Å²) in [6, 6.07) is 11.0. The Kier molecular flexibility index (Phi) is 2.77. The number of aromatic nitrogens is 3. The van der Waals surface area contributed by atoms with Crippen LogP contribution in [0.25, 0.3) is 17.0 Å². The van der Waals surface area contributed by atoms with Gasteiger partial charge in [0.2, 0.25) is 0 Å². The zero-order valence-electron chi connectivity index (χ0n) is 10.7. The Balaban J connectivity index is 2.39. The zero-order valence-corrected chi connectivity index (χ0v) is 10.7. The first kappa shape index (κ1) is 12.1. The van der Waals surface area contributed by atoms with Crippen LogP contribution in [0.3, 0.4) is 0 Å². The lowest BCUT2D eigenvalue weighted by atomic mass is 10.2. The molecule has 0 aliphatic carbocycles. The molecular weight excluding hydrogens is 252 g/mol. The van der Waals surface area contributed by atoms with E-state index in [1.807, 2.05) is 6.07 Å². The third-order valence-electron chi connectivity index (χ3n) is 3.20. The number of nitriles is 1. The van der Waals surface area contributed by atoms with Crippen LogP contribution in [0.2, 0.25) is 0 Å². The largest absolute Gasteiger partial charge is 0.296 e. The Morgan fingerprint density at radius 3 is 2.80 bits per heavy atom. The minimum atomic E-state index is 0.410. The SMILES string of the molecule is Cc1c(C#N)ccc2nc(-c3ccccn3)c(C=O)n12. The molecule has 0 fully saturated rings. The van der Waals surface area contributed by atoms with Crippen molar-refractivity contribution in [3.05, 3.63) is 53.5 Å². The van der Waals surface area contributed by atoms with Gasteiger partial charge in [0.05, 0.1) is 11.3 Å². The zero-order chi connectivity index (χ0) is 14.1. The van der Waals surface area contributed by atoms with Crippen LogP contribution in [0.4, 0.5) is 0 Å². The van der Waals surface area contributed by atoms with E-state index in [2.05, 4.69) is 16.0 Å². The Hall–Kier alpha value is -3.00. The van der Waals surface area contributed by atoms with E-state index in [4.69, 9.17) is 5.26 Å². The summed E-state index contributed by atoms with van der Waals surface area (Å²) in [4.78, 5) is 20.1. The first-order valence-corrected chi connectivity index (χ1v) is 6.05. The van der Waals surface area contributed by atoms with Gasteiger partial charge in [-0.3, -0.25) is 14.2 Å². The molecule has 0 aliphatic heterocycles. The van der Waals surface area contributed by atoms with Crippen molar-refractivity contribution < 1.29 is 4.79 Å². The highest BCUT2D eigenvalue weighted by atomic mass is 16.1. The van der Waals surface area contributed by atoms with E-state index in [0.717, 1.165) is 6.29 Å². The van der Waals surface area contributed by atoms with Gasteiger partial charge < -0.3 is 0 Å². The van der Waals surface area contributed by atoms with Gasteiger partial charge >= 0.3 is 0 Å². The molecule has 0 bridgehead atoms. The van der Waals surface area contributed by atoms with E-state index in [-0.39, 0.29) is 0 Å². The predicted octanol–water partition coefficient (Wildman–Crippen LogP) is 2.39. The Morgan fingerprint density at radius 2 is 2.15 bits per heavy atom. The molecule has 5 nitrogen and oxygen atoms in total.